The summed E-state index contributed by atoms with van der Waals surface area (Å²) in [6.07, 6.45) is 0. The molecule has 2 heterocycles. The molecule has 0 fully saturated rings. The summed E-state index contributed by atoms with van der Waals surface area (Å²) in [4.78, 5) is 26.9. The smallest absolute Gasteiger partial charge is 0.233 e. The number of azo groups is 1. The molecule has 0 aliphatic heterocycles. The lowest BCUT2D eigenvalue weighted by Gasteiger charge is -2.11. The minimum atomic E-state index is 0.396. The Morgan fingerprint density at radius 1 is 0.360 bits per heavy atom. The van der Waals surface area contributed by atoms with Gasteiger partial charge in [0.1, 0.15) is 0 Å². The van der Waals surface area contributed by atoms with Crippen molar-refractivity contribution in [3.05, 3.63) is 107 Å². The molecule has 6 rings (SSSR count). The van der Waals surface area contributed by atoms with E-state index in [9.17, 15) is 0 Å². The van der Waals surface area contributed by atoms with Crippen LogP contribution < -0.4 is 31.9 Å². The number of nitrogens with zero attached hydrogens (tertiary/aromatic N) is 8. The summed E-state index contributed by atoms with van der Waals surface area (Å²) in [5.41, 5.74) is 9.37. The Morgan fingerprint density at radius 2 is 0.640 bits per heavy atom. The summed E-state index contributed by atoms with van der Waals surface area (Å²) < 4.78 is 0. The predicted molar refractivity (Wildman–Crippen MR) is 201 cm³/mol. The lowest BCUT2D eigenvalue weighted by atomic mass is 10.1. The molecule has 0 amide bonds. The number of rotatable bonds is 12. The summed E-state index contributed by atoms with van der Waals surface area (Å²) >= 11 is 0. The summed E-state index contributed by atoms with van der Waals surface area (Å²) in [5.74, 6) is 2.52. The van der Waals surface area contributed by atoms with Gasteiger partial charge in [-0.25, -0.2) is 0 Å². The van der Waals surface area contributed by atoms with E-state index in [-0.39, 0.29) is 0 Å². The summed E-state index contributed by atoms with van der Waals surface area (Å²) in [7, 11) is 3.53. The van der Waals surface area contributed by atoms with Crippen molar-refractivity contribution in [2.45, 2.75) is 27.7 Å². The Labute approximate surface area is 290 Å². The molecule has 0 radical (unpaired) electrons. The van der Waals surface area contributed by atoms with E-state index in [1.807, 2.05) is 72.8 Å². The molecule has 0 aliphatic rings. The summed E-state index contributed by atoms with van der Waals surface area (Å²) in [5, 5.41) is 27.8. The van der Waals surface area contributed by atoms with Crippen molar-refractivity contribution < 1.29 is 0 Å². The highest BCUT2D eigenvalue weighted by molar-refractivity contribution is 5.63. The number of aromatic nitrogens is 6. The van der Waals surface area contributed by atoms with Crippen LogP contribution in [-0.2, 0) is 0 Å². The van der Waals surface area contributed by atoms with Gasteiger partial charge in [0, 0.05) is 36.8 Å². The normalized spacial score (nSPS) is 10.9. The number of aryl methyl sites for hydroxylation is 4. The van der Waals surface area contributed by atoms with Gasteiger partial charge in [-0.3, -0.25) is 0 Å². The summed E-state index contributed by atoms with van der Waals surface area (Å²) in [6, 6.07) is 27.4. The third-order valence-corrected chi connectivity index (χ3v) is 7.20. The highest BCUT2D eigenvalue weighted by atomic mass is 15.3. The van der Waals surface area contributed by atoms with Gasteiger partial charge in [0.15, 0.2) is 0 Å². The van der Waals surface area contributed by atoms with E-state index in [1.54, 1.807) is 14.1 Å². The SMILES string of the molecule is CNc1nc(Nc2ccc(N=Nc3ccc(Nc4nc(NC)nc(Nc5cc(C)cc(C)c5)n4)cc3)cc2)nc(Nc2cc(C)cc(C)c2)n1. The molecule has 0 saturated carbocycles. The molecule has 0 aliphatic carbocycles. The zero-order valence-electron chi connectivity index (χ0n) is 28.7. The first-order valence-corrected chi connectivity index (χ1v) is 15.9. The molecular formula is C36H38N14. The minimum Gasteiger partial charge on any atom is -0.357 e. The molecule has 4 aromatic carbocycles. The summed E-state index contributed by atoms with van der Waals surface area (Å²) in [6.45, 7) is 8.21. The van der Waals surface area contributed by atoms with Crippen molar-refractivity contribution in [2.75, 3.05) is 46.0 Å². The number of benzene rings is 4. The van der Waals surface area contributed by atoms with E-state index in [2.05, 4.69) is 112 Å². The molecule has 0 atom stereocenters. The van der Waals surface area contributed by atoms with E-state index < -0.39 is 0 Å². The molecule has 252 valence electrons. The third kappa shape index (κ3) is 9.01. The van der Waals surface area contributed by atoms with Gasteiger partial charge in [0.2, 0.25) is 35.7 Å². The fraction of sp³-hybridized carbons (Fsp3) is 0.167. The van der Waals surface area contributed by atoms with Crippen molar-refractivity contribution in [1.29, 1.82) is 0 Å². The van der Waals surface area contributed by atoms with Gasteiger partial charge in [0.25, 0.3) is 0 Å². The molecule has 0 spiro atoms. The molecule has 0 saturated heterocycles. The minimum absolute atomic E-state index is 0.396. The number of anilines is 10. The molecule has 14 heteroatoms. The monoisotopic (exact) mass is 666 g/mol. The van der Waals surface area contributed by atoms with E-state index in [0.29, 0.717) is 47.1 Å². The first kappa shape index (κ1) is 33.2. The van der Waals surface area contributed by atoms with Crippen LogP contribution in [-0.4, -0.2) is 44.0 Å². The Morgan fingerprint density at radius 3 is 0.940 bits per heavy atom. The molecule has 14 nitrogen and oxygen atoms in total. The number of nitrogens with one attached hydrogen (secondary N) is 6. The number of hydrogen-bond donors (Lipinski definition) is 6. The van der Waals surface area contributed by atoms with Crippen molar-refractivity contribution in [1.82, 2.24) is 29.9 Å². The van der Waals surface area contributed by atoms with Gasteiger partial charge in [0.05, 0.1) is 11.4 Å². The van der Waals surface area contributed by atoms with Crippen LogP contribution >= 0.6 is 0 Å². The van der Waals surface area contributed by atoms with E-state index >= 15 is 0 Å². The van der Waals surface area contributed by atoms with Crippen LogP contribution in [0.25, 0.3) is 0 Å². The molecule has 6 aromatic rings. The highest BCUT2D eigenvalue weighted by Crippen LogP contribution is 2.26. The lowest BCUT2D eigenvalue weighted by Crippen LogP contribution is -2.07. The zero-order chi connectivity index (χ0) is 35.0. The Hall–Kier alpha value is -6.70. The maximum Gasteiger partial charge on any atom is 0.233 e. The van der Waals surface area contributed by atoms with Crippen LogP contribution in [0.15, 0.2) is 95.2 Å². The molecule has 2 aromatic heterocycles. The topological polar surface area (TPSA) is 174 Å². The predicted octanol–water partition coefficient (Wildman–Crippen LogP) is 8.76. The second kappa shape index (κ2) is 15.0. The molecular weight excluding hydrogens is 628 g/mol. The van der Waals surface area contributed by atoms with Crippen LogP contribution in [0.4, 0.5) is 69.8 Å². The first-order valence-electron chi connectivity index (χ1n) is 15.9. The van der Waals surface area contributed by atoms with Crippen molar-refractivity contribution >= 4 is 69.8 Å². The highest BCUT2D eigenvalue weighted by Gasteiger charge is 2.09. The van der Waals surface area contributed by atoms with E-state index in [4.69, 9.17) is 0 Å². The first-order chi connectivity index (χ1) is 24.2. The Bertz CT molecular complexity index is 1940. The fourth-order valence-corrected chi connectivity index (χ4v) is 5.15. The van der Waals surface area contributed by atoms with Crippen molar-refractivity contribution in [2.24, 2.45) is 10.2 Å². The number of hydrogen-bond acceptors (Lipinski definition) is 14. The second-order valence-electron chi connectivity index (χ2n) is 11.7. The van der Waals surface area contributed by atoms with Crippen LogP contribution in [0.3, 0.4) is 0 Å². The average Bonchev–Trinajstić information content (AvgIpc) is 3.07. The van der Waals surface area contributed by atoms with E-state index in [1.165, 1.54) is 0 Å². The van der Waals surface area contributed by atoms with Crippen LogP contribution in [0, 0.1) is 27.7 Å². The standard InChI is InChI=1S/C36H38N14/c1-21-15-22(2)18-29(17-21)41-35-45-31(37-5)43-33(47-35)39-25-7-11-27(12-8-25)49-50-28-13-9-26(10-14-28)40-34-44-32(38-6)46-36(48-34)42-30-19-23(3)16-24(4)20-30/h7-20H,1-6H3,(H3,37,39,41,43,45,47)(H3,38,40,42,44,46,48). The maximum atomic E-state index is 4.55. The van der Waals surface area contributed by atoms with Gasteiger partial charge in [-0.05, 0) is 123 Å². The molecule has 0 unspecified atom stereocenters. The Balaban J connectivity index is 1.08. The quantitative estimate of drug-likeness (QED) is 0.0686. The maximum absolute atomic E-state index is 4.55. The molecule has 50 heavy (non-hydrogen) atoms. The van der Waals surface area contributed by atoms with Crippen LogP contribution in [0.5, 0.6) is 0 Å². The van der Waals surface area contributed by atoms with Crippen molar-refractivity contribution in [3.8, 4) is 0 Å². The second-order valence-corrected chi connectivity index (χ2v) is 11.7. The van der Waals surface area contributed by atoms with Gasteiger partial charge >= 0.3 is 0 Å². The molecule has 6 N–H and O–H groups in total. The van der Waals surface area contributed by atoms with E-state index in [0.717, 1.165) is 45.0 Å². The van der Waals surface area contributed by atoms with Gasteiger partial charge in [-0.15, -0.1) is 0 Å². The zero-order valence-corrected chi connectivity index (χ0v) is 28.7. The van der Waals surface area contributed by atoms with Gasteiger partial charge < -0.3 is 31.9 Å². The van der Waals surface area contributed by atoms with Gasteiger partial charge in [-0.1, -0.05) is 12.1 Å². The molecule has 0 bridgehead atoms. The van der Waals surface area contributed by atoms with Crippen molar-refractivity contribution in [3.63, 3.8) is 0 Å². The fourth-order valence-electron chi connectivity index (χ4n) is 5.15. The Kier molecular flexibility index (Phi) is 9.98. The van der Waals surface area contributed by atoms with Gasteiger partial charge in [-0.2, -0.15) is 40.1 Å². The lowest BCUT2D eigenvalue weighted by molar-refractivity contribution is 1.06. The van der Waals surface area contributed by atoms with Crippen LogP contribution in [0.1, 0.15) is 22.3 Å². The largest absolute Gasteiger partial charge is 0.357 e. The average molecular weight is 667 g/mol. The van der Waals surface area contributed by atoms with Crippen LogP contribution in [0.2, 0.25) is 0 Å². The third-order valence-electron chi connectivity index (χ3n) is 7.20.